The fourth-order valence-corrected chi connectivity index (χ4v) is 2.32. The van der Waals surface area contributed by atoms with Crippen molar-refractivity contribution in [3.63, 3.8) is 0 Å². The van der Waals surface area contributed by atoms with Gasteiger partial charge in [0.1, 0.15) is 0 Å². The van der Waals surface area contributed by atoms with Crippen molar-refractivity contribution in [2.45, 2.75) is 25.3 Å². The summed E-state index contributed by atoms with van der Waals surface area (Å²) in [5.41, 5.74) is 0. The van der Waals surface area contributed by atoms with E-state index in [4.69, 9.17) is 11.6 Å². The maximum Gasteiger partial charge on any atom is 0.0545 e. The van der Waals surface area contributed by atoms with E-state index in [0.717, 1.165) is 24.0 Å². The number of thiophene rings is 1. The van der Waals surface area contributed by atoms with Crippen molar-refractivity contribution in [2.24, 2.45) is 0 Å². The van der Waals surface area contributed by atoms with E-state index in [0.29, 0.717) is 0 Å². The highest BCUT2D eigenvalue weighted by Crippen LogP contribution is 2.23. The van der Waals surface area contributed by atoms with Gasteiger partial charge in [0.25, 0.3) is 0 Å². The number of halogens is 1. The molecule has 1 saturated carbocycles. The molecule has 1 heterocycles. The standard InChI is InChI=1S/C9H12ClNS/c10-8-4-6-12-9(8)3-5-11-7-1-2-7/h4,6-7,11H,1-3,5H2. The summed E-state index contributed by atoms with van der Waals surface area (Å²) in [5, 5.41) is 6.45. The molecule has 0 bridgehead atoms. The summed E-state index contributed by atoms with van der Waals surface area (Å²) in [4.78, 5) is 1.31. The van der Waals surface area contributed by atoms with Crippen LogP contribution >= 0.6 is 22.9 Å². The van der Waals surface area contributed by atoms with Crippen LogP contribution in [-0.4, -0.2) is 12.6 Å². The predicted octanol–water partition coefficient (Wildman–Crippen LogP) is 2.70. The van der Waals surface area contributed by atoms with Crippen molar-refractivity contribution in [3.05, 3.63) is 21.3 Å². The molecule has 1 aliphatic rings. The Bertz CT molecular complexity index is 255. The van der Waals surface area contributed by atoms with Crippen LogP contribution < -0.4 is 5.32 Å². The minimum absolute atomic E-state index is 0.809. The van der Waals surface area contributed by atoms with Gasteiger partial charge in [0.2, 0.25) is 0 Å². The van der Waals surface area contributed by atoms with E-state index in [9.17, 15) is 0 Å². The molecule has 2 rings (SSSR count). The zero-order chi connectivity index (χ0) is 8.39. The summed E-state index contributed by atoms with van der Waals surface area (Å²) in [6.45, 7) is 1.07. The SMILES string of the molecule is Clc1ccsc1CCNC1CC1. The second-order valence-corrected chi connectivity index (χ2v) is 4.58. The summed E-state index contributed by atoms with van der Waals surface area (Å²) in [5.74, 6) is 0. The Hall–Kier alpha value is -0.0500. The predicted molar refractivity (Wildman–Crippen MR) is 54.1 cm³/mol. The van der Waals surface area contributed by atoms with Gasteiger partial charge in [-0.2, -0.15) is 0 Å². The third-order valence-corrected chi connectivity index (χ3v) is 3.50. The van der Waals surface area contributed by atoms with Crippen molar-refractivity contribution in [3.8, 4) is 0 Å². The molecule has 0 aliphatic heterocycles. The van der Waals surface area contributed by atoms with Crippen molar-refractivity contribution < 1.29 is 0 Å². The molecular weight excluding hydrogens is 190 g/mol. The van der Waals surface area contributed by atoms with Gasteiger partial charge in [0, 0.05) is 17.5 Å². The molecule has 0 spiro atoms. The van der Waals surface area contributed by atoms with E-state index in [-0.39, 0.29) is 0 Å². The van der Waals surface area contributed by atoms with Gasteiger partial charge in [0.15, 0.2) is 0 Å². The third-order valence-electron chi connectivity index (χ3n) is 2.05. The summed E-state index contributed by atoms with van der Waals surface area (Å²) >= 11 is 7.70. The molecule has 0 atom stereocenters. The highest BCUT2D eigenvalue weighted by molar-refractivity contribution is 7.10. The quantitative estimate of drug-likeness (QED) is 0.790. The summed E-state index contributed by atoms with van der Waals surface area (Å²) in [7, 11) is 0. The van der Waals surface area contributed by atoms with Crippen LogP contribution in [0.25, 0.3) is 0 Å². The molecule has 1 aliphatic carbocycles. The molecule has 66 valence electrons. The molecule has 1 fully saturated rings. The van der Waals surface area contributed by atoms with Crippen LogP contribution in [0.15, 0.2) is 11.4 Å². The molecule has 1 aromatic rings. The molecule has 1 N–H and O–H groups in total. The highest BCUT2D eigenvalue weighted by Gasteiger charge is 2.19. The van der Waals surface area contributed by atoms with Crippen LogP contribution in [0, 0.1) is 0 Å². The molecule has 0 amide bonds. The normalized spacial score (nSPS) is 16.8. The molecule has 3 heteroatoms. The summed E-state index contributed by atoms with van der Waals surface area (Å²) < 4.78 is 0. The van der Waals surface area contributed by atoms with Crippen LogP contribution in [0.5, 0.6) is 0 Å². The molecule has 0 unspecified atom stereocenters. The van der Waals surface area contributed by atoms with E-state index in [2.05, 4.69) is 10.7 Å². The minimum Gasteiger partial charge on any atom is -0.314 e. The topological polar surface area (TPSA) is 12.0 Å². The van der Waals surface area contributed by atoms with Gasteiger partial charge in [-0.3, -0.25) is 0 Å². The number of hydrogen-bond donors (Lipinski definition) is 1. The van der Waals surface area contributed by atoms with Gasteiger partial charge in [-0.05, 0) is 30.7 Å². The molecule has 1 nitrogen and oxygen atoms in total. The largest absolute Gasteiger partial charge is 0.314 e. The number of nitrogens with one attached hydrogen (secondary N) is 1. The average molecular weight is 202 g/mol. The molecule has 0 radical (unpaired) electrons. The molecule has 12 heavy (non-hydrogen) atoms. The van der Waals surface area contributed by atoms with Crippen LogP contribution in [-0.2, 0) is 6.42 Å². The van der Waals surface area contributed by atoms with Crippen LogP contribution in [0.4, 0.5) is 0 Å². The second-order valence-electron chi connectivity index (χ2n) is 3.17. The van der Waals surface area contributed by atoms with Gasteiger partial charge in [-0.15, -0.1) is 11.3 Å². The first-order chi connectivity index (χ1) is 5.86. The Labute approximate surface area is 81.7 Å². The first-order valence-corrected chi connectivity index (χ1v) is 5.57. The molecular formula is C9H12ClNS. The fourth-order valence-electron chi connectivity index (χ4n) is 1.18. The highest BCUT2D eigenvalue weighted by atomic mass is 35.5. The van der Waals surface area contributed by atoms with Gasteiger partial charge >= 0.3 is 0 Å². The zero-order valence-electron chi connectivity index (χ0n) is 6.85. The molecule has 0 saturated heterocycles. The van der Waals surface area contributed by atoms with E-state index >= 15 is 0 Å². The van der Waals surface area contributed by atoms with Gasteiger partial charge < -0.3 is 5.32 Å². The molecule has 1 aromatic heterocycles. The van der Waals surface area contributed by atoms with Crippen molar-refractivity contribution in [2.75, 3.05) is 6.54 Å². The van der Waals surface area contributed by atoms with Crippen LogP contribution in [0.1, 0.15) is 17.7 Å². The lowest BCUT2D eigenvalue weighted by atomic mass is 10.3. The smallest absolute Gasteiger partial charge is 0.0545 e. The first kappa shape index (κ1) is 8.54. The van der Waals surface area contributed by atoms with Crippen molar-refractivity contribution >= 4 is 22.9 Å². The first-order valence-electron chi connectivity index (χ1n) is 4.31. The Morgan fingerprint density at radius 1 is 1.58 bits per heavy atom. The Morgan fingerprint density at radius 2 is 2.42 bits per heavy atom. The maximum absolute atomic E-state index is 5.95. The van der Waals surface area contributed by atoms with Crippen molar-refractivity contribution in [1.82, 2.24) is 5.32 Å². The maximum atomic E-state index is 5.95. The van der Waals surface area contributed by atoms with Crippen LogP contribution in [0.3, 0.4) is 0 Å². The van der Waals surface area contributed by atoms with Crippen LogP contribution in [0.2, 0.25) is 5.02 Å². The lowest BCUT2D eigenvalue weighted by Crippen LogP contribution is -2.18. The second kappa shape index (κ2) is 3.77. The van der Waals surface area contributed by atoms with Gasteiger partial charge in [-0.25, -0.2) is 0 Å². The Balaban J connectivity index is 1.75. The van der Waals surface area contributed by atoms with Gasteiger partial charge in [-0.1, -0.05) is 11.6 Å². The lowest BCUT2D eigenvalue weighted by molar-refractivity contribution is 0.685. The number of rotatable bonds is 4. The lowest BCUT2D eigenvalue weighted by Gasteiger charge is -2.00. The van der Waals surface area contributed by atoms with E-state index in [1.807, 2.05) is 6.07 Å². The minimum atomic E-state index is 0.809. The summed E-state index contributed by atoms with van der Waals surface area (Å²) in [6.07, 6.45) is 3.79. The third kappa shape index (κ3) is 2.22. The average Bonchev–Trinajstić information content (AvgIpc) is 2.78. The summed E-state index contributed by atoms with van der Waals surface area (Å²) in [6, 6.07) is 2.78. The fraction of sp³-hybridized carbons (Fsp3) is 0.556. The molecule has 0 aromatic carbocycles. The van der Waals surface area contributed by atoms with E-state index < -0.39 is 0 Å². The van der Waals surface area contributed by atoms with E-state index in [1.54, 1.807) is 11.3 Å². The Kier molecular flexibility index (Phi) is 2.69. The van der Waals surface area contributed by atoms with E-state index in [1.165, 1.54) is 17.7 Å². The zero-order valence-corrected chi connectivity index (χ0v) is 8.42. The monoisotopic (exact) mass is 201 g/mol. The van der Waals surface area contributed by atoms with Crippen molar-refractivity contribution in [1.29, 1.82) is 0 Å². The van der Waals surface area contributed by atoms with Gasteiger partial charge in [0.05, 0.1) is 5.02 Å². The Morgan fingerprint density at radius 3 is 3.00 bits per heavy atom. The number of hydrogen-bond acceptors (Lipinski definition) is 2.